The number of anilines is 1. The van der Waals surface area contributed by atoms with Crippen molar-refractivity contribution in [2.24, 2.45) is 11.8 Å². The summed E-state index contributed by atoms with van der Waals surface area (Å²) in [4.78, 5) is 13.1. The fourth-order valence-corrected chi connectivity index (χ4v) is 4.69. The lowest BCUT2D eigenvalue weighted by Gasteiger charge is -2.21. The number of thioether (sulfide) groups is 1. The molecule has 1 atom stereocenters. The number of carbonyl (C=O) groups excluding carboxylic acids is 1. The molecule has 2 aromatic rings. The Bertz CT molecular complexity index is 926. The molecule has 0 spiro atoms. The molecule has 0 aromatic heterocycles. The van der Waals surface area contributed by atoms with Crippen LogP contribution >= 0.6 is 11.8 Å². The Morgan fingerprint density at radius 2 is 1.69 bits per heavy atom. The number of rotatable bonds is 9. The van der Waals surface area contributed by atoms with E-state index in [2.05, 4.69) is 23.9 Å². The van der Waals surface area contributed by atoms with Gasteiger partial charge in [0.15, 0.2) is 0 Å². The topological polar surface area (TPSA) is 75.3 Å². The van der Waals surface area contributed by atoms with Crippen LogP contribution in [0.25, 0.3) is 0 Å². The molecule has 0 radical (unpaired) electrons. The van der Waals surface area contributed by atoms with Crippen molar-refractivity contribution in [2.75, 3.05) is 11.6 Å². The first kappa shape index (κ1) is 23.4. The van der Waals surface area contributed by atoms with E-state index in [0.717, 1.165) is 10.5 Å². The Morgan fingerprint density at radius 3 is 2.24 bits per heavy atom. The molecule has 0 unspecified atom stereocenters. The molecule has 0 saturated heterocycles. The normalized spacial score (nSPS) is 12.9. The quantitative estimate of drug-likeness (QED) is 0.540. The molecule has 5 nitrogen and oxygen atoms in total. The minimum atomic E-state index is -3.77. The van der Waals surface area contributed by atoms with Crippen LogP contribution in [0.3, 0.4) is 0 Å². The van der Waals surface area contributed by atoms with Crippen LogP contribution < -0.4 is 10.0 Å². The first-order chi connectivity index (χ1) is 13.6. The van der Waals surface area contributed by atoms with Gasteiger partial charge in [0, 0.05) is 16.9 Å². The van der Waals surface area contributed by atoms with E-state index in [1.54, 1.807) is 26.0 Å². The van der Waals surface area contributed by atoms with Crippen LogP contribution in [0.5, 0.6) is 0 Å². The van der Waals surface area contributed by atoms with Crippen molar-refractivity contribution < 1.29 is 13.2 Å². The Morgan fingerprint density at radius 1 is 1.03 bits per heavy atom. The summed E-state index contributed by atoms with van der Waals surface area (Å²) in [7, 11) is -3.77. The molecule has 7 heteroatoms. The molecule has 0 heterocycles. The zero-order chi connectivity index (χ0) is 21.6. The van der Waals surface area contributed by atoms with E-state index in [0.29, 0.717) is 18.0 Å². The van der Waals surface area contributed by atoms with Crippen LogP contribution in [-0.4, -0.2) is 20.6 Å². The summed E-state index contributed by atoms with van der Waals surface area (Å²) < 4.78 is 29.1. The second-order valence-electron chi connectivity index (χ2n) is 7.72. The molecule has 0 bridgehead atoms. The van der Waals surface area contributed by atoms with Gasteiger partial charge >= 0.3 is 0 Å². The number of amides is 1. The molecule has 158 valence electrons. The zero-order valence-electron chi connectivity index (χ0n) is 17.6. The van der Waals surface area contributed by atoms with Crippen LogP contribution in [0.2, 0.25) is 0 Å². The summed E-state index contributed by atoms with van der Waals surface area (Å²) in [5.41, 5.74) is 1.44. The number of carbonyl (C=O) groups is 1. The van der Waals surface area contributed by atoms with E-state index < -0.39 is 10.0 Å². The van der Waals surface area contributed by atoms with E-state index in [9.17, 15) is 13.2 Å². The SMILES string of the molecule is CSc1ccc(S(=O)(=O)N[C@@H](CC(C)C)c2ccccc2)cc1NC(=O)C(C)C. The zero-order valence-corrected chi connectivity index (χ0v) is 19.2. The van der Waals surface area contributed by atoms with Crippen molar-refractivity contribution in [1.29, 1.82) is 0 Å². The molecule has 29 heavy (non-hydrogen) atoms. The van der Waals surface area contributed by atoms with Gasteiger partial charge in [-0.3, -0.25) is 4.79 Å². The number of nitrogens with one attached hydrogen (secondary N) is 2. The van der Waals surface area contributed by atoms with E-state index >= 15 is 0 Å². The van der Waals surface area contributed by atoms with Crippen LogP contribution in [0, 0.1) is 11.8 Å². The molecule has 0 aliphatic heterocycles. The fourth-order valence-electron chi connectivity index (χ4n) is 2.89. The van der Waals surface area contributed by atoms with E-state index in [-0.39, 0.29) is 22.8 Å². The largest absolute Gasteiger partial charge is 0.325 e. The van der Waals surface area contributed by atoms with Gasteiger partial charge in [-0.1, -0.05) is 58.0 Å². The maximum absolute atomic E-state index is 13.1. The third-order valence-corrected chi connectivity index (χ3v) is 6.74. The maximum atomic E-state index is 13.1. The first-order valence-corrected chi connectivity index (χ1v) is 12.4. The van der Waals surface area contributed by atoms with Crippen LogP contribution in [0.1, 0.15) is 45.7 Å². The van der Waals surface area contributed by atoms with Gasteiger partial charge in [-0.25, -0.2) is 13.1 Å². The van der Waals surface area contributed by atoms with Crippen molar-refractivity contribution in [3.8, 4) is 0 Å². The van der Waals surface area contributed by atoms with E-state index in [1.165, 1.54) is 17.8 Å². The molecular weight excluding hydrogens is 404 g/mol. The summed E-state index contributed by atoms with van der Waals surface area (Å²) in [5.74, 6) is -0.0240. The molecule has 0 aliphatic carbocycles. The van der Waals surface area contributed by atoms with Crippen LogP contribution in [0.4, 0.5) is 5.69 Å². The lowest BCUT2D eigenvalue weighted by atomic mass is 9.98. The number of sulfonamides is 1. The smallest absolute Gasteiger partial charge is 0.241 e. The van der Waals surface area contributed by atoms with Gasteiger partial charge in [0.05, 0.1) is 10.6 Å². The second-order valence-corrected chi connectivity index (χ2v) is 10.3. The Hall–Kier alpha value is -1.83. The molecule has 2 aromatic carbocycles. The minimum Gasteiger partial charge on any atom is -0.325 e. The van der Waals surface area contributed by atoms with Crippen molar-refractivity contribution in [3.63, 3.8) is 0 Å². The summed E-state index contributed by atoms with van der Waals surface area (Å²) in [6.07, 6.45) is 2.57. The average molecular weight is 435 g/mol. The number of hydrogen-bond acceptors (Lipinski definition) is 4. The van der Waals surface area contributed by atoms with Crippen molar-refractivity contribution >= 4 is 33.4 Å². The van der Waals surface area contributed by atoms with Crippen molar-refractivity contribution in [2.45, 2.75) is 49.9 Å². The van der Waals surface area contributed by atoms with Gasteiger partial charge in [-0.15, -0.1) is 11.8 Å². The lowest BCUT2D eigenvalue weighted by molar-refractivity contribution is -0.118. The van der Waals surface area contributed by atoms with Crippen LogP contribution in [0.15, 0.2) is 58.3 Å². The van der Waals surface area contributed by atoms with Gasteiger partial charge in [0.25, 0.3) is 0 Å². The van der Waals surface area contributed by atoms with E-state index in [1.807, 2.05) is 36.6 Å². The average Bonchev–Trinajstić information content (AvgIpc) is 2.67. The highest BCUT2D eigenvalue weighted by Gasteiger charge is 2.23. The highest BCUT2D eigenvalue weighted by atomic mass is 32.2. The van der Waals surface area contributed by atoms with Gasteiger partial charge in [0.2, 0.25) is 15.9 Å². The third-order valence-electron chi connectivity index (χ3n) is 4.47. The summed E-state index contributed by atoms with van der Waals surface area (Å²) in [6, 6.07) is 14.1. The maximum Gasteiger partial charge on any atom is 0.241 e. The summed E-state index contributed by atoms with van der Waals surface area (Å²) in [5, 5.41) is 2.84. The second kappa shape index (κ2) is 10.3. The molecule has 2 N–H and O–H groups in total. The minimum absolute atomic E-state index is 0.138. The lowest BCUT2D eigenvalue weighted by Crippen LogP contribution is -2.30. The molecule has 2 rings (SSSR count). The highest BCUT2D eigenvalue weighted by molar-refractivity contribution is 7.98. The Balaban J connectivity index is 2.36. The monoisotopic (exact) mass is 434 g/mol. The van der Waals surface area contributed by atoms with Gasteiger partial charge in [-0.05, 0) is 42.4 Å². The molecule has 1 amide bonds. The summed E-state index contributed by atoms with van der Waals surface area (Å²) >= 11 is 1.46. The standard InChI is InChI=1S/C22H30N2O3S2/c1-15(2)13-19(17-9-7-6-8-10-17)24-29(26,27)18-11-12-21(28-5)20(14-18)23-22(25)16(3)4/h6-12,14-16,19,24H,13H2,1-5H3,(H,23,25)/t19-/m0/s1. The predicted octanol–water partition coefficient (Wildman–Crippen LogP) is 5.07. The Kier molecular flexibility index (Phi) is 8.31. The van der Waals surface area contributed by atoms with Gasteiger partial charge in [-0.2, -0.15) is 0 Å². The van der Waals surface area contributed by atoms with Gasteiger partial charge < -0.3 is 5.32 Å². The van der Waals surface area contributed by atoms with Gasteiger partial charge in [0.1, 0.15) is 0 Å². The van der Waals surface area contributed by atoms with E-state index in [4.69, 9.17) is 0 Å². The molecule has 0 fully saturated rings. The molecule has 0 aliphatic rings. The Labute approximate surface area is 178 Å². The van der Waals surface area contributed by atoms with Crippen LogP contribution in [-0.2, 0) is 14.8 Å². The summed E-state index contributed by atoms with van der Waals surface area (Å²) in [6.45, 7) is 7.73. The highest BCUT2D eigenvalue weighted by Crippen LogP contribution is 2.30. The first-order valence-electron chi connectivity index (χ1n) is 9.70. The molecular formula is C22H30N2O3S2. The molecule has 0 saturated carbocycles. The van der Waals surface area contributed by atoms with Crippen molar-refractivity contribution in [1.82, 2.24) is 4.72 Å². The third kappa shape index (κ3) is 6.59. The number of benzene rings is 2. The van der Waals surface area contributed by atoms with Crippen molar-refractivity contribution in [3.05, 3.63) is 54.1 Å². The number of hydrogen-bond donors (Lipinski definition) is 2. The fraction of sp³-hybridized carbons (Fsp3) is 0.409. The predicted molar refractivity (Wildman–Crippen MR) is 121 cm³/mol.